The Morgan fingerprint density at radius 3 is 1.32 bits per heavy atom. The second-order valence-electron chi connectivity index (χ2n) is 11.3. The van der Waals surface area contributed by atoms with Crippen molar-refractivity contribution in [3.63, 3.8) is 0 Å². The van der Waals surface area contributed by atoms with Crippen LogP contribution in [0.1, 0.15) is 35.6 Å². The molecule has 0 heterocycles. The molecule has 8 nitrogen and oxygen atoms in total. The number of aryl methyl sites for hydroxylation is 1. The lowest BCUT2D eigenvalue weighted by Crippen LogP contribution is -2.32. The van der Waals surface area contributed by atoms with Crippen LogP contribution >= 0.6 is 0 Å². The van der Waals surface area contributed by atoms with E-state index in [0.29, 0.717) is 26.4 Å². The van der Waals surface area contributed by atoms with Crippen molar-refractivity contribution in [1.82, 2.24) is 0 Å². The van der Waals surface area contributed by atoms with E-state index in [4.69, 9.17) is 27.9 Å². The Hall–Kier alpha value is -3.41. The molecule has 0 saturated carbocycles. The lowest BCUT2D eigenvalue weighted by Gasteiger charge is -2.23. The van der Waals surface area contributed by atoms with Gasteiger partial charge in [-0.1, -0.05) is 116 Å². The summed E-state index contributed by atoms with van der Waals surface area (Å²) in [6.45, 7) is 5.98. The monoisotopic (exact) mass is 662 g/mol. The van der Waals surface area contributed by atoms with Crippen LogP contribution in [0.3, 0.4) is 0 Å². The fraction of sp³-hybridized carbons (Fsp3) is 0.368. The molecule has 4 aromatic carbocycles. The molecular weight excluding hydrogens is 616 g/mol. The maximum atomic E-state index is 12.9. The molecule has 252 valence electrons. The number of ether oxygens (including phenoxy) is 5. The SMILES string of the molecule is CCC(COCC(COCC(COS(=O)(=O)c1ccc(C)cc1)OCc1ccccc1)OCc1ccccc1)OCc1ccccc1. The van der Waals surface area contributed by atoms with Crippen molar-refractivity contribution in [1.29, 1.82) is 0 Å². The zero-order valence-electron chi connectivity index (χ0n) is 27.2. The molecule has 0 bridgehead atoms. The molecular formula is C38H46O8S. The predicted molar refractivity (Wildman–Crippen MR) is 181 cm³/mol. The van der Waals surface area contributed by atoms with E-state index in [-0.39, 0.29) is 43.5 Å². The first-order chi connectivity index (χ1) is 22.9. The highest BCUT2D eigenvalue weighted by Gasteiger charge is 2.21. The van der Waals surface area contributed by atoms with Gasteiger partial charge in [0.05, 0.1) is 63.9 Å². The van der Waals surface area contributed by atoms with Gasteiger partial charge >= 0.3 is 0 Å². The Balaban J connectivity index is 1.33. The molecule has 9 heteroatoms. The summed E-state index contributed by atoms with van der Waals surface area (Å²) in [5, 5.41) is 0. The van der Waals surface area contributed by atoms with Crippen molar-refractivity contribution in [2.45, 2.75) is 63.3 Å². The van der Waals surface area contributed by atoms with Crippen LogP contribution in [0, 0.1) is 6.92 Å². The summed E-state index contributed by atoms with van der Waals surface area (Å²) >= 11 is 0. The highest BCUT2D eigenvalue weighted by atomic mass is 32.2. The van der Waals surface area contributed by atoms with Crippen LogP contribution in [0.15, 0.2) is 120 Å². The van der Waals surface area contributed by atoms with Gasteiger partial charge in [-0.05, 0) is 42.2 Å². The van der Waals surface area contributed by atoms with Gasteiger partial charge in [-0.3, -0.25) is 4.18 Å². The van der Waals surface area contributed by atoms with E-state index in [0.717, 1.165) is 28.7 Å². The van der Waals surface area contributed by atoms with Gasteiger partial charge in [-0.15, -0.1) is 0 Å². The molecule has 0 aliphatic rings. The highest BCUT2D eigenvalue weighted by molar-refractivity contribution is 7.86. The lowest BCUT2D eigenvalue weighted by molar-refractivity contribution is -0.104. The quantitative estimate of drug-likeness (QED) is 0.0841. The first kappa shape index (κ1) is 36.4. The molecule has 0 aliphatic heterocycles. The van der Waals surface area contributed by atoms with E-state index in [2.05, 4.69) is 6.92 Å². The highest BCUT2D eigenvalue weighted by Crippen LogP contribution is 2.15. The summed E-state index contributed by atoms with van der Waals surface area (Å²) in [5.41, 5.74) is 4.06. The molecule has 3 unspecified atom stereocenters. The van der Waals surface area contributed by atoms with Gasteiger partial charge in [-0.25, -0.2) is 0 Å². The van der Waals surface area contributed by atoms with Crippen LogP contribution in [-0.4, -0.2) is 59.8 Å². The first-order valence-electron chi connectivity index (χ1n) is 16.0. The van der Waals surface area contributed by atoms with Crippen molar-refractivity contribution < 1.29 is 36.3 Å². The van der Waals surface area contributed by atoms with E-state index in [1.165, 1.54) is 12.1 Å². The van der Waals surface area contributed by atoms with Gasteiger partial charge in [0.1, 0.15) is 12.2 Å². The summed E-state index contributed by atoms with van der Waals surface area (Å²) in [6, 6.07) is 36.2. The van der Waals surface area contributed by atoms with E-state index in [1.54, 1.807) is 12.1 Å². The van der Waals surface area contributed by atoms with Crippen LogP contribution in [0.4, 0.5) is 0 Å². The van der Waals surface area contributed by atoms with Crippen molar-refractivity contribution in [3.05, 3.63) is 138 Å². The molecule has 3 atom stereocenters. The standard InChI is InChI=1S/C38H46O8S/c1-3-35(43-23-32-13-7-4-8-14-32)26-41-27-36(44-24-33-15-9-5-10-16-33)28-42-29-37(45-25-34-17-11-6-12-18-34)30-46-47(39,40)38-21-19-31(2)20-22-38/h4-22,35-37H,3,23-30H2,1-2H3. The van der Waals surface area contributed by atoms with Gasteiger partial charge in [0.2, 0.25) is 0 Å². The van der Waals surface area contributed by atoms with Crippen LogP contribution in [0.25, 0.3) is 0 Å². The summed E-state index contributed by atoms with van der Waals surface area (Å²) in [5.74, 6) is 0. The van der Waals surface area contributed by atoms with Gasteiger partial charge in [0.15, 0.2) is 0 Å². The van der Waals surface area contributed by atoms with Gasteiger partial charge in [0, 0.05) is 0 Å². The summed E-state index contributed by atoms with van der Waals surface area (Å²) < 4.78 is 61.7. The molecule has 0 amide bonds. The summed E-state index contributed by atoms with van der Waals surface area (Å²) in [4.78, 5) is 0.0930. The topological polar surface area (TPSA) is 89.5 Å². The van der Waals surface area contributed by atoms with Crippen LogP contribution in [0.2, 0.25) is 0 Å². The zero-order valence-corrected chi connectivity index (χ0v) is 28.1. The van der Waals surface area contributed by atoms with Gasteiger partial charge in [0.25, 0.3) is 10.1 Å². The zero-order chi connectivity index (χ0) is 33.2. The number of benzene rings is 4. The van der Waals surface area contributed by atoms with Crippen molar-refractivity contribution in [2.75, 3.05) is 33.0 Å². The minimum Gasteiger partial charge on any atom is -0.376 e. The molecule has 0 saturated heterocycles. The van der Waals surface area contributed by atoms with Crippen molar-refractivity contribution in [3.8, 4) is 0 Å². The number of hydrogen-bond donors (Lipinski definition) is 0. The molecule has 0 spiro atoms. The Labute approximate surface area is 279 Å². The normalized spacial score (nSPS) is 13.7. The van der Waals surface area contributed by atoms with Gasteiger partial charge < -0.3 is 23.7 Å². The minimum atomic E-state index is -3.97. The Kier molecular flexibility index (Phi) is 15.6. The summed E-state index contributed by atoms with van der Waals surface area (Å²) in [6.07, 6.45) is -0.282. The average Bonchev–Trinajstić information content (AvgIpc) is 3.10. The van der Waals surface area contributed by atoms with E-state index < -0.39 is 16.2 Å². The summed E-state index contributed by atoms with van der Waals surface area (Å²) in [7, 11) is -3.97. The predicted octanol–water partition coefficient (Wildman–Crippen LogP) is 6.90. The Morgan fingerprint density at radius 2 is 0.894 bits per heavy atom. The first-order valence-corrected chi connectivity index (χ1v) is 17.4. The second kappa shape index (κ2) is 20.1. The third-order valence-corrected chi connectivity index (χ3v) is 8.67. The molecule has 4 rings (SSSR count). The molecule has 4 aromatic rings. The second-order valence-corrected chi connectivity index (χ2v) is 12.9. The van der Waals surface area contributed by atoms with Crippen LogP contribution in [0.5, 0.6) is 0 Å². The van der Waals surface area contributed by atoms with E-state index in [9.17, 15) is 8.42 Å². The maximum Gasteiger partial charge on any atom is 0.297 e. The van der Waals surface area contributed by atoms with Crippen LogP contribution < -0.4 is 0 Å². The molecule has 0 radical (unpaired) electrons. The molecule has 0 aromatic heterocycles. The van der Waals surface area contributed by atoms with Crippen molar-refractivity contribution in [2.24, 2.45) is 0 Å². The smallest absolute Gasteiger partial charge is 0.297 e. The Morgan fingerprint density at radius 1 is 0.511 bits per heavy atom. The van der Waals surface area contributed by atoms with Gasteiger partial charge in [-0.2, -0.15) is 8.42 Å². The van der Waals surface area contributed by atoms with E-state index in [1.807, 2.05) is 97.9 Å². The van der Waals surface area contributed by atoms with Crippen LogP contribution in [-0.2, 0) is 57.8 Å². The molecule has 0 aliphatic carbocycles. The number of hydrogen-bond acceptors (Lipinski definition) is 8. The lowest BCUT2D eigenvalue weighted by atomic mass is 10.2. The molecule has 47 heavy (non-hydrogen) atoms. The fourth-order valence-electron chi connectivity index (χ4n) is 4.54. The number of rotatable bonds is 22. The average molecular weight is 663 g/mol. The third kappa shape index (κ3) is 13.7. The fourth-order valence-corrected chi connectivity index (χ4v) is 5.47. The van der Waals surface area contributed by atoms with Crippen molar-refractivity contribution >= 4 is 10.1 Å². The third-order valence-electron chi connectivity index (χ3n) is 7.37. The Bertz CT molecular complexity index is 1500. The maximum absolute atomic E-state index is 12.9. The molecule has 0 N–H and O–H groups in total. The largest absolute Gasteiger partial charge is 0.376 e. The minimum absolute atomic E-state index is 0.0608. The molecule has 0 fully saturated rings. The van der Waals surface area contributed by atoms with E-state index >= 15 is 0 Å².